The van der Waals surface area contributed by atoms with E-state index in [0.717, 1.165) is 13.1 Å². The summed E-state index contributed by atoms with van der Waals surface area (Å²) in [6.07, 6.45) is 2.62. The van der Waals surface area contributed by atoms with Crippen LogP contribution in [0.25, 0.3) is 0 Å². The van der Waals surface area contributed by atoms with E-state index in [1.54, 1.807) is 7.11 Å². The third kappa shape index (κ3) is 4.48. The SMILES string of the molecule is COC(CN=C(N)N1CCCC(C)C1)C(C)(C)C. The molecule has 106 valence electrons. The predicted octanol–water partition coefficient (Wildman–Crippen LogP) is 2.09. The molecular formula is C14H29N3O. The van der Waals surface area contributed by atoms with Gasteiger partial charge in [0.1, 0.15) is 0 Å². The zero-order valence-corrected chi connectivity index (χ0v) is 12.6. The number of piperidine rings is 1. The summed E-state index contributed by atoms with van der Waals surface area (Å²) in [5.74, 6) is 1.39. The quantitative estimate of drug-likeness (QED) is 0.620. The van der Waals surface area contributed by atoms with Gasteiger partial charge >= 0.3 is 0 Å². The number of likely N-dealkylation sites (tertiary alicyclic amines) is 1. The van der Waals surface area contributed by atoms with Gasteiger partial charge in [-0.2, -0.15) is 0 Å². The topological polar surface area (TPSA) is 50.9 Å². The molecule has 2 atom stereocenters. The highest BCUT2D eigenvalue weighted by atomic mass is 16.5. The highest BCUT2D eigenvalue weighted by molar-refractivity contribution is 5.78. The Morgan fingerprint density at radius 2 is 2.17 bits per heavy atom. The second-order valence-corrected chi connectivity index (χ2v) is 6.48. The van der Waals surface area contributed by atoms with Crippen molar-refractivity contribution >= 4 is 5.96 Å². The highest BCUT2D eigenvalue weighted by Gasteiger charge is 2.24. The van der Waals surface area contributed by atoms with Gasteiger partial charge in [0, 0.05) is 20.2 Å². The van der Waals surface area contributed by atoms with Crippen molar-refractivity contribution in [1.29, 1.82) is 0 Å². The maximum atomic E-state index is 6.08. The first-order valence-electron chi connectivity index (χ1n) is 6.92. The summed E-state index contributed by atoms with van der Waals surface area (Å²) in [6, 6.07) is 0. The average molecular weight is 255 g/mol. The van der Waals surface area contributed by atoms with E-state index in [-0.39, 0.29) is 11.5 Å². The van der Waals surface area contributed by atoms with Crippen LogP contribution in [0.3, 0.4) is 0 Å². The standard InChI is InChI=1S/C14H29N3O/c1-11-7-6-8-17(10-11)13(15)16-9-12(18-5)14(2,3)4/h11-12H,6-10H2,1-5H3,(H2,15,16). The van der Waals surface area contributed by atoms with Gasteiger partial charge in [-0.05, 0) is 24.2 Å². The number of ether oxygens (including phenoxy) is 1. The number of methoxy groups -OCH3 is 1. The molecule has 1 saturated heterocycles. The van der Waals surface area contributed by atoms with Gasteiger partial charge in [0.25, 0.3) is 0 Å². The lowest BCUT2D eigenvalue weighted by Gasteiger charge is -2.32. The van der Waals surface area contributed by atoms with Crippen LogP contribution in [0.4, 0.5) is 0 Å². The Balaban J connectivity index is 2.54. The molecule has 0 aliphatic carbocycles. The van der Waals surface area contributed by atoms with E-state index >= 15 is 0 Å². The number of hydrogen-bond acceptors (Lipinski definition) is 2. The van der Waals surface area contributed by atoms with Gasteiger partial charge in [0.05, 0.1) is 12.6 Å². The molecule has 1 rings (SSSR count). The van der Waals surface area contributed by atoms with Crippen molar-refractivity contribution in [3.05, 3.63) is 0 Å². The first kappa shape index (κ1) is 15.3. The molecule has 4 nitrogen and oxygen atoms in total. The van der Waals surface area contributed by atoms with Gasteiger partial charge in [-0.1, -0.05) is 27.7 Å². The molecule has 0 amide bonds. The molecule has 1 aliphatic heterocycles. The van der Waals surface area contributed by atoms with Crippen molar-refractivity contribution < 1.29 is 4.74 Å². The molecule has 2 unspecified atom stereocenters. The zero-order valence-electron chi connectivity index (χ0n) is 12.6. The molecule has 0 radical (unpaired) electrons. The second kappa shape index (κ2) is 6.41. The Morgan fingerprint density at radius 3 is 2.67 bits per heavy atom. The van der Waals surface area contributed by atoms with E-state index in [1.165, 1.54) is 12.8 Å². The average Bonchev–Trinajstić information content (AvgIpc) is 2.27. The molecule has 1 heterocycles. The van der Waals surface area contributed by atoms with Gasteiger partial charge < -0.3 is 15.4 Å². The van der Waals surface area contributed by atoms with Crippen LogP contribution >= 0.6 is 0 Å². The maximum absolute atomic E-state index is 6.08. The molecule has 0 aromatic carbocycles. The Bertz CT molecular complexity index is 283. The Morgan fingerprint density at radius 1 is 1.50 bits per heavy atom. The van der Waals surface area contributed by atoms with Crippen molar-refractivity contribution in [1.82, 2.24) is 4.90 Å². The van der Waals surface area contributed by atoms with Gasteiger partial charge in [0.2, 0.25) is 0 Å². The third-order valence-electron chi connectivity index (χ3n) is 3.65. The predicted molar refractivity (Wildman–Crippen MR) is 76.7 cm³/mol. The number of aliphatic imine (C=N–C) groups is 1. The fraction of sp³-hybridized carbons (Fsp3) is 0.929. The van der Waals surface area contributed by atoms with E-state index in [2.05, 4.69) is 37.6 Å². The van der Waals surface area contributed by atoms with Crippen molar-refractivity contribution in [2.45, 2.75) is 46.6 Å². The Kier molecular flexibility index (Phi) is 5.45. The van der Waals surface area contributed by atoms with Crippen LogP contribution in [0.1, 0.15) is 40.5 Å². The number of nitrogens with two attached hydrogens (primary N) is 1. The van der Waals surface area contributed by atoms with E-state index in [0.29, 0.717) is 18.4 Å². The molecule has 0 saturated carbocycles. The second-order valence-electron chi connectivity index (χ2n) is 6.48. The minimum Gasteiger partial charge on any atom is -0.379 e. The number of guanidine groups is 1. The summed E-state index contributed by atoms with van der Waals surface area (Å²) >= 11 is 0. The fourth-order valence-electron chi connectivity index (χ4n) is 2.38. The van der Waals surface area contributed by atoms with Crippen LogP contribution in [0.15, 0.2) is 4.99 Å². The maximum Gasteiger partial charge on any atom is 0.191 e. The molecule has 4 heteroatoms. The molecule has 18 heavy (non-hydrogen) atoms. The summed E-state index contributed by atoms with van der Waals surface area (Å²) in [7, 11) is 1.74. The van der Waals surface area contributed by atoms with Gasteiger partial charge in [-0.25, -0.2) is 0 Å². The van der Waals surface area contributed by atoms with E-state index in [9.17, 15) is 0 Å². The molecule has 1 aliphatic rings. The monoisotopic (exact) mass is 255 g/mol. The lowest BCUT2D eigenvalue weighted by Crippen LogP contribution is -2.44. The molecule has 2 N–H and O–H groups in total. The summed E-state index contributed by atoms with van der Waals surface area (Å²) in [5.41, 5.74) is 6.17. The number of nitrogens with zero attached hydrogens (tertiary/aromatic N) is 2. The third-order valence-corrected chi connectivity index (χ3v) is 3.65. The van der Waals surface area contributed by atoms with E-state index in [4.69, 9.17) is 10.5 Å². The first-order valence-corrected chi connectivity index (χ1v) is 6.92. The van der Waals surface area contributed by atoms with Crippen LogP contribution in [0.2, 0.25) is 0 Å². The lowest BCUT2D eigenvalue weighted by atomic mass is 9.89. The molecule has 1 fully saturated rings. The molecule has 0 spiro atoms. The fourth-order valence-corrected chi connectivity index (χ4v) is 2.38. The van der Waals surface area contributed by atoms with Crippen molar-refractivity contribution in [2.24, 2.45) is 22.1 Å². The minimum atomic E-state index is 0.0910. The smallest absolute Gasteiger partial charge is 0.191 e. The first-order chi connectivity index (χ1) is 8.34. The van der Waals surface area contributed by atoms with Crippen LogP contribution in [0, 0.1) is 11.3 Å². The van der Waals surface area contributed by atoms with Crippen LogP contribution in [-0.2, 0) is 4.74 Å². The summed E-state index contributed by atoms with van der Waals surface area (Å²) in [4.78, 5) is 6.71. The normalized spacial score (nSPS) is 24.2. The molecule has 0 aromatic rings. The van der Waals surface area contributed by atoms with Crippen molar-refractivity contribution in [2.75, 3.05) is 26.7 Å². The zero-order chi connectivity index (χ0) is 13.8. The lowest BCUT2D eigenvalue weighted by molar-refractivity contribution is 0.0239. The minimum absolute atomic E-state index is 0.0910. The summed E-state index contributed by atoms with van der Waals surface area (Å²) < 4.78 is 5.49. The van der Waals surface area contributed by atoms with E-state index < -0.39 is 0 Å². The van der Waals surface area contributed by atoms with Crippen molar-refractivity contribution in [3.63, 3.8) is 0 Å². The van der Waals surface area contributed by atoms with Gasteiger partial charge in [-0.15, -0.1) is 0 Å². The summed E-state index contributed by atoms with van der Waals surface area (Å²) in [5, 5.41) is 0. The van der Waals surface area contributed by atoms with Crippen LogP contribution in [-0.4, -0.2) is 43.7 Å². The molecule has 0 aromatic heterocycles. The van der Waals surface area contributed by atoms with Crippen LogP contribution < -0.4 is 5.73 Å². The van der Waals surface area contributed by atoms with Gasteiger partial charge in [0.15, 0.2) is 5.96 Å². The Labute approximate surface area is 112 Å². The summed E-state index contributed by atoms with van der Waals surface area (Å²) in [6.45, 7) is 11.5. The Hall–Kier alpha value is -0.770. The van der Waals surface area contributed by atoms with Gasteiger partial charge in [-0.3, -0.25) is 4.99 Å². The molecule has 0 bridgehead atoms. The molecular weight excluding hydrogens is 226 g/mol. The van der Waals surface area contributed by atoms with E-state index in [1.807, 2.05) is 0 Å². The highest BCUT2D eigenvalue weighted by Crippen LogP contribution is 2.22. The largest absolute Gasteiger partial charge is 0.379 e. The van der Waals surface area contributed by atoms with Crippen LogP contribution in [0.5, 0.6) is 0 Å². The number of rotatable bonds is 3. The number of hydrogen-bond donors (Lipinski definition) is 1. The van der Waals surface area contributed by atoms with Crippen molar-refractivity contribution in [3.8, 4) is 0 Å².